The third kappa shape index (κ3) is 5.92. The van der Waals surface area contributed by atoms with Crippen molar-refractivity contribution in [3.63, 3.8) is 0 Å². The quantitative estimate of drug-likeness (QED) is 0.639. The van der Waals surface area contributed by atoms with Gasteiger partial charge >= 0.3 is 6.18 Å². The van der Waals surface area contributed by atoms with Crippen molar-refractivity contribution >= 4 is 0 Å². The molecule has 0 saturated carbocycles. The number of halogens is 4. The molecular weight excluding hydrogens is 262 g/mol. The maximum atomic E-state index is 13.6. The van der Waals surface area contributed by atoms with E-state index in [9.17, 15) is 17.6 Å². The van der Waals surface area contributed by atoms with E-state index in [1.165, 1.54) is 12.1 Å². The van der Waals surface area contributed by atoms with Gasteiger partial charge in [0.15, 0.2) is 11.6 Å². The molecule has 19 heavy (non-hydrogen) atoms. The van der Waals surface area contributed by atoms with Crippen LogP contribution in [-0.2, 0) is 6.42 Å². The van der Waals surface area contributed by atoms with E-state index in [4.69, 9.17) is 10.5 Å². The first kappa shape index (κ1) is 15.8. The van der Waals surface area contributed by atoms with E-state index in [-0.39, 0.29) is 24.8 Å². The number of ether oxygens (including phenoxy) is 1. The monoisotopic (exact) mass is 279 g/mol. The van der Waals surface area contributed by atoms with E-state index in [2.05, 4.69) is 0 Å². The predicted octanol–water partition coefficient (Wildman–Crippen LogP) is 3.44. The van der Waals surface area contributed by atoms with Crippen LogP contribution in [0, 0.1) is 5.82 Å². The molecule has 0 heterocycles. The Morgan fingerprint density at radius 1 is 1.32 bits per heavy atom. The fourth-order valence-corrected chi connectivity index (χ4v) is 1.67. The van der Waals surface area contributed by atoms with Gasteiger partial charge in [-0.05, 0) is 31.4 Å². The van der Waals surface area contributed by atoms with Crippen molar-refractivity contribution in [2.24, 2.45) is 5.73 Å². The number of nitrogens with two attached hydrogens (primary N) is 1. The van der Waals surface area contributed by atoms with Crippen LogP contribution in [0.3, 0.4) is 0 Å². The summed E-state index contributed by atoms with van der Waals surface area (Å²) in [5.41, 5.74) is 6.20. The predicted molar refractivity (Wildman–Crippen MR) is 64.5 cm³/mol. The van der Waals surface area contributed by atoms with Gasteiger partial charge in [-0.25, -0.2) is 4.39 Å². The molecule has 0 spiro atoms. The highest BCUT2D eigenvalue weighted by Gasteiger charge is 2.26. The minimum atomic E-state index is -4.22. The van der Waals surface area contributed by atoms with Gasteiger partial charge in [0.05, 0.1) is 6.61 Å². The largest absolute Gasteiger partial charge is 0.490 e. The van der Waals surface area contributed by atoms with Crippen LogP contribution in [-0.4, -0.2) is 18.8 Å². The molecule has 1 unspecified atom stereocenters. The third-order valence-electron chi connectivity index (χ3n) is 2.44. The standard InChI is InChI=1S/C13H17F4NO/c1-9(18)8-10-4-2-5-11(14)12(10)19-7-3-6-13(15,16)17/h2,4-5,9H,3,6-8,18H2,1H3. The van der Waals surface area contributed by atoms with Crippen molar-refractivity contribution in [3.05, 3.63) is 29.6 Å². The van der Waals surface area contributed by atoms with Crippen molar-refractivity contribution < 1.29 is 22.3 Å². The smallest absolute Gasteiger partial charge is 0.389 e. The van der Waals surface area contributed by atoms with Gasteiger partial charge in [0.25, 0.3) is 0 Å². The molecule has 0 aromatic heterocycles. The van der Waals surface area contributed by atoms with Crippen molar-refractivity contribution in [2.75, 3.05) is 6.61 Å². The highest BCUT2D eigenvalue weighted by atomic mass is 19.4. The van der Waals surface area contributed by atoms with Gasteiger partial charge in [0.2, 0.25) is 0 Å². The lowest BCUT2D eigenvalue weighted by atomic mass is 10.1. The molecule has 1 atom stereocenters. The Morgan fingerprint density at radius 2 is 2.00 bits per heavy atom. The Bertz CT molecular complexity index is 404. The molecule has 0 aliphatic rings. The summed E-state index contributed by atoms with van der Waals surface area (Å²) in [4.78, 5) is 0. The number of hydrogen-bond donors (Lipinski definition) is 1. The lowest BCUT2D eigenvalue weighted by Crippen LogP contribution is -2.19. The Balaban J connectivity index is 2.61. The minimum Gasteiger partial charge on any atom is -0.490 e. The van der Waals surface area contributed by atoms with E-state index in [1.54, 1.807) is 13.0 Å². The van der Waals surface area contributed by atoms with Crippen LogP contribution in [0.15, 0.2) is 18.2 Å². The lowest BCUT2D eigenvalue weighted by Gasteiger charge is -2.14. The zero-order valence-corrected chi connectivity index (χ0v) is 10.6. The van der Waals surface area contributed by atoms with Crippen LogP contribution in [0.2, 0.25) is 0 Å². The molecule has 0 bridgehead atoms. The Morgan fingerprint density at radius 3 is 2.58 bits per heavy atom. The van der Waals surface area contributed by atoms with E-state index >= 15 is 0 Å². The zero-order chi connectivity index (χ0) is 14.5. The number of alkyl halides is 3. The average molecular weight is 279 g/mol. The van der Waals surface area contributed by atoms with Gasteiger partial charge in [0.1, 0.15) is 0 Å². The van der Waals surface area contributed by atoms with Gasteiger partial charge in [0, 0.05) is 12.5 Å². The normalized spacial score (nSPS) is 13.4. The Labute approximate surface area is 109 Å². The zero-order valence-electron chi connectivity index (χ0n) is 10.6. The second-order valence-corrected chi connectivity index (χ2v) is 4.48. The van der Waals surface area contributed by atoms with Crippen LogP contribution in [0.1, 0.15) is 25.3 Å². The Hall–Kier alpha value is -1.30. The molecule has 2 N–H and O–H groups in total. The number of hydrogen-bond acceptors (Lipinski definition) is 2. The van der Waals surface area contributed by atoms with Crippen molar-refractivity contribution in [1.82, 2.24) is 0 Å². The maximum absolute atomic E-state index is 13.6. The van der Waals surface area contributed by atoms with Gasteiger partial charge < -0.3 is 10.5 Å². The van der Waals surface area contributed by atoms with Gasteiger partial charge in [-0.15, -0.1) is 0 Å². The lowest BCUT2D eigenvalue weighted by molar-refractivity contribution is -0.136. The highest BCUT2D eigenvalue weighted by molar-refractivity contribution is 5.35. The van der Waals surface area contributed by atoms with Gasteiger partial charge in [-0.2, -0.15) is 13.2 Å². The maximum Gasteiger partial charge on any atom is 0.389 e. The minimum absolute atomic E-state index is 0.00183. The molecule has 0 aliphatic heterocycles. The van der Waals surface area contributed by atoms with Crippen molar-refractivity contribution in [2.45, 2.75) is 38.4 Å². The second-order valence-electron chi connectivity index (χ2n) is 4.48. The van der Waals surface area contributed by atoms with Crippen LogP contribution in [0.5, 0.6) is 5.75 Å². The molecular formula is C13H17F4NO. The molecule has 0 amide bonds. The third-order valence-corrected chi connectivity index (χ3v) is 2.44. The summed E-state index contributed by atoms with van der Waals surface area (Å²) in [6.07, 6.45) is -4.95. The fourth-order valence-electron chi connectivity index (χ4n) is 1.67. The first-order valence-electron chi connectivity index (χ1n) is 6.02. The fraction of sp³-hybridized carbons (Fsp3) is 0.538. The molecule has 0 fully saturated rings. The van der Waals surface area contributed by atoms with E-state index in [0.717, 1.165) is 0 Å². The van der Waals surface area contributed by atoms with Crippen LogP contribution < -0.4 is 10.5 Å². The van der Waals surface area contributed by atoms with E-state index in [1.807, 2.05) is 0 Å². The summed E-state index contributed by atoms with van der Waals surface area (Å²) in [6.45, 7) is 1.59. The molecule has 1 aromatic carbocycles. The molecule has 0 aliphatic carbocycles. The Kier molecular flexibility index (Phi) is 5.60. The van der Waals surface area contributed by atoms with Crippen molar-refractivity contribution in [3.8, 4) is 5.75 Å². The summed E-state index contributed by atoms with van der Waals surface area (Å²) in [5.74, 6) is -0.577. The number of benzene rings is 1. The summed E-state index contributed by atoms with van der Waals surface area (Å²) < 4.78 is 54.6. The molecule has 2 nitrogen and oxygen atoms in total. The average Bonchev–Trinajstić information content (AvgIpc) is 2.25. The summed E-state index contributed by atoms with van der Waals surface area (Å²) >= 11 is 0. The molecule has 6 heteroatoms. The number of para-hydroxylation sites is 1. The second kappa shape index (κ2) is 6.75. The number of rotatable bonds is 6. The summed E-state index contributed by atoms with van der Waals surface area (Å²) in [5, 5.41) is 0. The summed E-state index contributed by atoms with van der Waals surface area (Å²) in [7, 11) is 0. The molecule has 1 aromatic rings. The topological polar surface area (TPSA) is 35.2 Å². The van der Waals surface area contributed by atoms with Crippen LogP contribution in [0.4, 0.5) is 17.6 Å². The van der Waals surface area contributed by atoms with Crippen molar-refractivity contribution in [1.29, 1.82) is 0 Å². The van der Waals surface area contributed by atoms with Gasteiger partial charge in [-0.3, -0.25) is 0 Å². The first-order chi connectivity index (χ1) is 8.79. The first-order valence-corrected chi connectivity index (χ1v) is 6.02. The SMILES string of the molecule is CC(N)Cc1cccc(F)c1OCCCC(F)(F)F. The highest BCUT2D eigenvalue weighted by Crippen LogP contribution is 2.25. The van der Waals surface area contributed by atoms with Gasteiger partial charge in [-0.1, -0.05) is 12.1 Å². The van der Waals surface area contributed by atoms with E-state index < -0.39 is 18.4 Å². The van der Waals surface area contributed by atoms with Crippen LogP contribution >= 0.6 is 0 Å². The summed E-state index contributed by atoms with van der Waals surface area (Å²) in [6, 6.07) is 4.21. The molecule has 0 saturated heterocycles. The van der Waals surface area contributed by atoms with Crippen LogP contribution in [0.25, 0.3) is 0 Å². The molecule has 1 rings (SSSR count). The molecule has 0 radical (unpaired) electrons. The molecule has 108 valence electrons. The van der Waals surface area contributed by atoms with E-state index in [0.29, 0.717) is 12.0 Å².